The van der Waals surface area contributed by atoms with E-state index in [9.17, 15) is 0 Å². The molecule has 0 unspecified atom stereocenters. The fourth-order valence-corrected chi connectivity index (χ4v) is 8.75. The van der Waals surface area contributed by atoms with Crippen LogP contribution >= 0.6 is 43.5 Å². The van der Waals surface area contributed by atoms with Gasteiger partial charge in [0.2, 0.25) is 5.28 Å². The van der Waals surface area contributed by atoms with Crippen LogP contribution in [0.25, 0.3) is 78.5 Å². The van der Waals surface area contributed by atoms with Crippen molar-refractivity contribution in [2.45, 2.75) is 38.9 Å². The van der Waals surface area contributed by atoms with Gasteiger partial charge in [0.25, 0.3) is 0 Å². The highest BCUT2D eigenvalue weighted by atomic mass is 79.9. The lowest BCUT2D eigenvalue weighted by Crippen LogP contribution is -2.41. The molecule has 1 fully saturated rings. The second-order valence-electron chi connectivity index (χ2n) is 16.9. The van der Waals surface area contributed by atoms with E-state index in [4.69, 9.17) is 35.9 Å². The first kappa shape index (κ1) is 46.6. The molecule has 2 aromatic heterocycles. The van der Waals surface area contributed by atoms with E-state index in [1.807, 2.05) is 152 Å². The van der Waals surface area contributed by atoms with Crippen molar-refractivity contribution < 1.29 is 9.31 Å². The molecule has 0 saturated carbocycles. The molecule has 334 valence electrons. The number of benzene rings is 8. The Labute approximate surface area is 418 Å². The number of aromatic nitrogens is 6. The van der Waals surface area contributed by atoms with Crippen LogP contribution in [-0.2, 0) is 9.31 Å². The maximum Gasteiger partial charge on any atom is 0.495 e. The first-order valence-corrected chi connectivity index (χ1v) is 24.0. The Morgan fingerprint density at radius 1 is 0.368 bits per heavy atom. The Morgan fingerprint density at radius 2 is 0.691 bits per heavy atom. The van der Waals surface area contributed by atoms with Crippen LogP contribution in [0.4, 0.5) is 0 Å². The summed E-state index contributed by atoms with van der Waals surface area (Å²) in [7, 11) is -0.321. The van der Waals surface area contributed by atoms with Crippen LogP contribution in [0, 0.1) is 0 Å². The summed E-state index contributed by atoms with van der Waals surface area (Å²) in [5.74, 6) is 3.17. The Morgan fingerprint density at radius 3 is 1.12 bits per heavy atom. The third kappa shape index (κ3) is 10.3. The lowest BCUT2D eigenvalue weighted by atomic mass is 9.76. The topological polar surface area (TPSA) is 95.8 Å². The smallest absolute Gasteiger partial charge is 0.399 e. The SMILES string of the molecule is Brc1ccc(-c2nc(-c3ccccc3)nc(-c3ccccc3)n2)c2ccccc12.CC1(C)OB(c2ccc(Br)c3ccccc23)OC1(C)C.Clc1nc(-c2ccccc2)nc(-c2ccccc2)n1. The normalized spacial score (nSPS) is 13.6. The van der Waals surface area contributed by atoms with Gasteiger partial charge in [-0.3, -0.25) is 0 Å². The first-order chi connectivity index (χ1) is 32.9. The van der Waals surface area contributed by atoms with E-state index in [-0.39, 0.29) is 23.6 Å². The van der Waals surface area contributed by atoms with Crippen molar-refractivity contribution in [2.75, 3.05) is 0 Å². The van der Waals surface area contributed by atoms with Crippen molar-refractivity contribution in [3.8, 4) is 56.9 Å². The molecule has 3 heterocycles. The molecule has 12 heteroatoms. The minimum Gasteiger partial charge on any atom is -0.399 e. The summed E-state index contributed by atoms with van der Waals surface area (Å²) in [5.41, 5.74) is 5.22. The van der Waals surface area contributed by atoms with E-state index in [1.54, 1.807) is 0 Å². The molecule has 8 nitrogen and oxygen atoms in total. The van der Waals surface area contributed by atoms with Crippen molar-refractivity contribution in [1.82, 2.24) is 29.9 Å². The molecule has 10 aromatic rings. The number of hydrogen-bond donors (Lipinski definition) is 0. The number of nitrogens with zero attached hydrogens (tertiary/aromatic N) is 6. The quantitative estimate of drug-likeness (QED) is 0.152. The van der Waals surface area contributed by atoms with Crippen molar-refractivity contribution in [3.05, 3.63) is 208 Å². The molecule has 1 aliphatic rings. The van der Waals surface area contributed by atoms with E-state index < -0.39 is 0 Å². The molecule has 0 aliphatic carbocycles. The van der Waals surface area contributed by atoms with Crippen LogP contribution in [-0.4, -0.2) is 48.2 Å². The van der Waals surface area contributed by atoms with E-state index in [0.717, 1.165) is 53.0 Å². The second-order valence-corrected chi connectivity index (χ2v) is 19.0. The number of hydrogen-bond acceptors (Lipinski definition) is 8. The van der Waals surface area contributed by atoms with Crippen LogP contribution in [0.1, 0.15) is 27.7 Å². The predicted octanol–water partition coefficient (Wildman–Crippen LogP) is 14.5. The standard InChI is InChI=1S/C25H16BrN3.C16H18BBrO2.C15H10ClN3/c26-22-16-15-21(19-13-7-8-14-20(19)22)25-28-23(17-9-3-1-4-10-17)27-24(29-25)18-11-5-2-6-12-18;1-15(2)16(3,4)20-17(19-15)13-9-10-14(18)12-8-6-5-7-11(12)13;16-15-18-13(11-7-3-1-4-8-11)17-14(19-15)12-9-5-2-6-10-12/h1-16H;5-10H,1-4H3;1-10H. The number of fused-ring (bicyclic) bond motifs is 2. The Balaban J connectivity index is 0.000000132. The van der Waals surface area contributed by atoms with Gasteiger partial charge < -0.3 is 9.31 Å². The van der Waals surface area contributed by atoms with Crippen LogP contribution in [0.5, 0.6) is 0 Å². The monoisotopic (exact) mass is 1040 g/mol. The molecule has 0 spiro atoms. The fraction of sp³-hybridized carbons (Fsp3) is 0.107. The second kappa shape index (κ2) is 20.4. The van der Waals surface area contributed by atoms with Crippen LogP contribution in [0.2, 0.25) is 5.28 Å². The van der Waals surface area contributed by atoms with Gasteiger partial charge in [-0.05, 0) is 84.5 Å². The van der Waals surface area contributed by atoms with Gasteiger partial charge in [-0.1, -0.05) is 208 Å². The molecule has 0 N–H and O–H groups in total. The zero-order chi connectivity index (χ0) is 47.3. The molecule has 8 aromatic carbocycles. The summed E-state index contributed by atoms with van der Waals surface area (Å²) in [4.78, 5) is 27.3. The van der Waals surface area contributed by atoms with E-state index in [1.165, 1.54) is 10.8 Å². The van der Waals surface area contributed by atoms with Gasteiger partial charge in [-0.25, -0.2) is 19.9 Å². The van der Waals surface area contributed by atoms with Crippen LogP contribution in [0.3, 0.4) is 0 Å². The lowest BCUT2D eigenvalue weighted by Gasteiger charge is -2.32. The Hall–Kier alpha value is -6.47. The third-order valence-electron chi connectivity index (χ3n) is 11.9. The molecule has 0 bridgehead atoms. The van der Waals surface area contributed by atoms with Gasteiger partial charge in [-0.15, -0.1) is 0 Å². The molecule has 1 aliphatic heterocycles. The van der Waals surface area contributed by atoms with Gasteiger partial charge in [0, 0.05) is 36.8 Å². The van der Waals surface area contributed by atoms with Gasteiger partial charge in [-0.2, -0.15) is 9.97 Å². The summed E-state index contributed by atoms with van der Waals surface area (Å²) in [6, 6.07) is 64.3. The van der Waals surface area contributed by atoms with Crippen molar-refractivity contribution in [2.24, 2.45) is 0 Å². The van der Waals surface area contributed by atoms with Crippen molar-refractivity contribution in [1.29, 1.82) is 0 Å². The molecular formula is C56H44BBr2ClN6O2. The minimum absolute atomic E-state index is 0.202. The average molecular weight is 1040 g/mol. The maximum atomic E-state index is 6.16. The summed E-state index contributed by atoms with van der Waals surface area (Å²) in [5, 5.41) is 4.78. The average Bonchev–Trinajstić information content (AvgIpc) is 3.60. The zero-order valence-electron chi connectivity index (χ0n) is 37.7. The van der Waals surface area contributed by atoms with E-state index >= 15 is 0 Å². The van der Waals surface area contributed by atoms with Gasteiger partial charge in [0.05, 0.1) is 11.2 Å². The Kier molecular flexibility index (Phi) is 14.0. The molecule has 11 rings (SSSR count). The molecule has 0 radical (unpaired) electrons. The highest BCUT2D eigenvalue weighted by Crippen LogP contribution is 2.38. The number of halogens is 3. The summed E-state index contributed by atoms with van der Waals surface area (Å²) in [6.45, 7) is 8.31. The molecule has 68 heavy (non-hydrogen) atoms. The highest BCUT2D eigenvalue weighted by molar-refractivity contribution is 9.11. The number of rotatable bonds is 6. The third-order valence-corrected chi connectivity index (χ3v) is 13.4. The van der Waals surface area contributed by atoms with Crippen molar-refractivity contribution >= 4 is 77.6 Å². The van der Waals surface area contributed by atoms with Crippen molar-refractivity contribution in [3.63, 3.8) is 0 Å². The van der Waals surface area contributed by atoms with E-state index in [2.05, 4.69) is 117 Å². The zero-order valence-corrected chi connectivity index (χ0v) is 41.6. The predicted molar refractivity (Wildman–Crippen MR) is 284 cm³/mol. The summed E-state index contributed by atoms with van der Waals surface area (Å²) in [6.07, 6.45) is 0. The van der Waals surface area contributed by atoms with Crippen LogP contribution in [0.15, 0.2) is 203 Å². The molecule has 1 saturated heterocycles. The summed E-state index contributed by atoms with van der Waals surface area (Å²) < 4.78 is 14.5. The molecular weight excluding hydrogens is 995 g/mol. The maximum absolute atomic E-state index is 6.16. The lowest BCUT2D eigenvalue weighted by molar-refractivity contribution is 0.00578. The molecule has 0 amide bonds. The van der Waals surface area contributed by atoms with Crippen LogP contribution < -0.4 is 5.46 Å². The van der Waals surface area contributed by atoms with E-state index in [0.29, 0.717) is 29.1 Å². The Bertz CT molecular complexity index is 3220. The highest BCUT2D eigenvalue weighted by Gasteiger charge is 2.52. The fourth-order valence-electron chi connectivity index (χ4n) is 7.63. The first-order valence-electron chi connectivity index (χ1n) is 22.0. The molecule has 0 atom stereocenters. The van der Waals surface area contributed by atoms with Gasteiger partial charge >= 0.3 is 7.12 Å². The van der Waals surface area contributed by atoms with Gasteiger partial charge in [0.1, 0.15) is 0 Å². The largest absolute Gasteiger partial charge is 0.495 e. The van der Waals surface area contributed by atoms with Gasteiger partial charge in [0.15, 0.2) is 29.1 Å². The summed E-state index contributed by atoms with van der Waals surface area (Å²) >= 11 is 13.2. The minimum atomic E-state index is -0.321.